The molecule has 3 N–H and O–H groups in total. The summed E-state index contributed by atoms with van der Waals surface area (Å²) < 4.78 is 19.2. The summed E-state index contributed by atoms with van der Waals surface area (Å²) in [5, 5.41) is 4.11. The van der Waals surface area contributed by atoms with E-state index in [4.69, 9.17) is 24.6 Å². The van der Waals surface area contributed by atoms with Crippen molar-refractivity contribution in [3.63, 3.8) is 0 Å². The van der Waals surface area contributed by atoms with Crippen LogP contribution in [0.15, 0.2) is 45.1 Å². The number of fused-ring (bicyclic) bond motifs is 2. The number of nitrogen functional groups attached to an aromatic ring is 1. The van der Waals surface area contributed by atoms with Gasteiger partial charge in [0.2, 0.25) is 6.79 Å². The maximum atomic E-state index is 6.08. The standard InChI is InChI=1S/C21H22N6O3S/c1-3-23-6-7-27-20-18(19(22)24-10-25-20)26-21(27)31-17-9-16-15(28-11-29-16)8-13(17)14-5-4-12(2)30-14/h4-5,8-10,23H,3,6-7,11H2,1-2H3,(H2,22,24,25). The summed E-state index contributed by atoms with van der Waals surface area (Å²) in [6.07, 6.45) is 1.47. The van der Waals surface area contributed by atoms with Crippen molar-refractivity contribution in [3.05, 3.63) is 36.4 Å². The van der Waals surface area contributed by atoms with Crippen LogP contribution in [0.3, 0.4) is 0 Å². The number of hydrogen-bond donors (Lipinski definition) is 2. The highest BCUT2D eigenvalue weighted by Gasteiger charge is 2.23. The van der Waals surface area contributed by atoms with Crippen LogP contribution >= 0.6 is 11.8 Å². The predicted octanol–water partition coefficient (Wildman–Crippen LogP) is 3.47. The van der Waals surface area contributed by atoms with Crippen LogP contribution in [-0.2, 0) is 6.54 Å². The molecule has 1 aliphatic heterocycles. The van der Waals surface area contributed by atoms with Crippen LogP contribution in [0, 0.1) is 6.92 Å². The van der Waals surface area contributed by atoms with E-state index in [9.17, 15) is 0 Å². The minimum absolute atomic E-state index is 0.202. The van der Waals surface area contributed by atoms with E-state index in [2.05, 4.69) is 26.8 Å². The summed E-state index contributed by atoms with van der Waals surface area (Å²) >= 11 is 1.51. The van der Waals surface area contributed by atoms with Crippen molar-refractivity contribution in [1.82, 2.24) is 24.8 Å². The number of nitrogens with zero attached hydrogens (tertiary/aromatic N) is 4. The van der Waals surface area contributed by atoms with E-state index in [0.29, 0.717) is 35.0 Å². The van der Waals surface area contributed by atoms with Gasteiger partial charge >= 0.3 is 0 Å². The molecular weight excluding hydrogens is 416 g/mol. The number of nitrogens with two attached hydrogens (primary N) is 1. The molecule has 4 aromatic rings. The van der Waals surface area contributed by atoms with Gasteiger partial charge in [0.05, 0.1) is 0 Å². The number of anilines is 1. The first kappa shape index (κ1) is 19.7. The maximum Gasteiger partial charge on any atom is 0.231 e. The molecule has 0 atom stereocenters. The second kappa shape index (κ2) is 8.12. The van der Waals surface area contributed by atoms with Crippen molar-refractivity contribution < 1.29 is 13.9 Å². The van der Waals surface area contributed by atoms with Gasteiger partial charge < -0.3 is 29.5 Å². The molecule has 10 heteroatoms. The van der Waals surface area contributed by atoms with Crippen LogP contribution < -0.4 is 20.5 Å². The van der Waals surface area contributed by atoms with Crippen LogP contribution in [0.5, 0.6) is 11.5 Å². The molecule has 0 aliphatic carbocycles. The molecule has 0 unspecified atom stereocenters. The monoisotopic (exact) mass is 438 g/mol. The number of likely N-dealkylation sites (N-methyl/N-ethyl adjacent to an activating group) is 1. The smallest absolute Gasteiger partial charge is 0.231 e. The third kappa shape index (κ3) is 3.68. The third-order valence-electron chi connectivity index (χ3n) is 4.97. The lowest BCUT2D eigenvalue weighted by molar-refractivity contribution is 0.174. The van der Waals surface area contributed by atoms with Gasteiger partial charge in [0.25, 0.3) is 0 Å². The summed E-state index contributed by atoms with van der Waals surface area (Å²) in [6, 6.07) is 7.80. The fraction of sp³-hybridized carbons (Fsp3) is 0.286. The minimum atomic E-state index is 0.202. The Hall–Kier alpha value is -3.24. The Morgan fingerprint density at radius 2 is 2.03 bits per heavy atom. The maximum absolute atomic E-state index is 6.08. The van der Waals surface area contributed by atoms with Crippen molar-refractivity contribution in [2.45, 2.75) is 30.4 Å². The SMILES string of the molecule is CCNCCn1c(Sc2cc3c(cc2-c2ccc(C)o2)OCO3)nc2c(N)ncnc21. The molecular formula is C21H22N6O3S. The van der Waals surface area contributed by atoms with Crippen LogP contribution in [0.2, 0.25) is 0 Å². The molecule has 31 heavy (non-hydrogen) atoms. The number of nitrogens with one attached hydrogen (secondary N) is 1. The number of imidazole rings is 1. The Morgan fingerprint density at radius 3 is 2.81 bits per heavy atom. The number of ether oxygens (including phenoxy) is 2. The fourth-order valence-electron chi connectivity index (χ4n) is 3.46. The Bertz CT molecular complexity index is 1250. The number of hydrogen-bond acceptors (Lipinski definition) is 9. The number of aromatic nitrogens is 4. The van der Waals surface area contributed by atoms with Gasteiger partial charge in [0.1, 0.15) is 17.8 Å². The van der Waals surface area contributed by atoms with Crippen molar-refractivity contribution in [2.24, 2.45) is 0 Å². The van der Waals surface area contributed by atoms with E-state index in [1.165, 1.54) is 18.1 Å². The van der Waals surface area contributed by atoms with E-state index < -0.39 is 0 Å². The van der Waals surface area contributed by atoms with Crippen molar-refractivity contribution in [2.75, 3.05) is 25.6 Å². The van der Waals surface area contributed by atoms with Crippen molar-refractivity contribution in [3.8, 4) is 22.8 Å². The fourth-order valence-corrected chi connectivity index (χ4v) is 4.52. The Kier molecular flexibility index (Phi) is 5.16. The summed E-state index contributed by atoms with van der Waals surface area (Å²) in [5.74, 6) is 3.35. The van der Waals surface area contributed by atoms with E-state index >= 15 is 0 Å². The zero-order valence-electron chi connectivity index (χ0n) is 17.2. The highest BCUT2D eigenvalue weighted by Crippen LogP contribution is 2.45. The summed E-state index contributed by atoms with van der Waals surface area (Å²) in [7, 11) is 0. The minimum Gasteiger partial charge on any atom is -0.461 e. The zero-order valence-corrected chi connectivity index (χ0v) is 18.0. The van der Waals surface area contributed by atoms with Gasteiger partial charge in [0.15, 0.2) is 33.6 Å². The number of aryl methyl sites for hydroxylation is 1. The van der Waals surface area contributed by atoms with Gasteiger partial charge in [-0.25, -0.2) is 15.0 Å². The molecule has 0 bridgehead atoms. The van der Waals surface area contributed by atoms with Gasteiger partial charge in [-0.2, -0.15) is 0 Å². The Morgan fingerprint density at radius 1 is 1.19 bits per heavy atom. The van der Waals surface area contributed by atoms with Gasteiger partial charge in [-0.05, 0) is 37.7 Å². The molecule has 1 aromatic carbocycles. The third-order valence-corrected chi connectivity index (χ3v) is 6.02. The molecule has 0 spiro atoms. The average molecular weight is 439 g/mol. The van der Waals surface area contributed by atoms with Crippen molar-refractivity contribution >= 4 is 28.7 Å². The molecule has 0 radical (unpaired) electrons. The summed E-state index contributed by atoms with van der Waals surface area (Å²) in [5.41, 5.74) is 8.30. The number of rotatable bonds is 7. The van der Waals surface area contributed by atoms with Crippen LogP contribution in [0.4, 0.5) is 5.82 Å². The lowest BCUT2D eigenvalue weighted by Crippen LogP contribution is -2.19. The van der Waals surface area contributed by atoms with E-state index in [1.54, 1.807) is 0 Å². The first-order valence-electron chi connectivity index (χ1n) is 9.99. The molecule has 1 aliphatic rings. The molecule has 0 saturated heterocycles. The first-order chi connectivity index (χ1) is 15.1. The lowest BCUT2D eigenvalue weighted by Gasteiger charge is -2.11. The molecule has 5 rings (SSSR count). The molecule has 9 nitrogen and oxygen atoms in total. The second-order valence-corrected chi connectivity index (χ2v) is 8.05. The summed E-state index contributed by atoms with van der Waals surface area (Å²) in [4.78, 5) is 14.2. The Balaban J connectivity index is 1.61. The van der Waals surface area contributed by atoms with E-state index in [0.717, 1.165) is 40.2 Å². The van der Waals surface area contributed by atoms with Crippen LogP contribution in [0.25, 0.3) is 22.5 Å². The topological polar surface area (TPSA) is 113 Å². The van der Waals surface area contributed by atoms with Crippen LogP contribution in [-0.4, -0.2) is 39.4 Å². The summed E-state index contributed by atoms with van der Waals surface area (Å²) in [6.45, 7) is 6.56. The molecule has 4 heterocycles. The van der Waals surface area contributed by atoms with Crippen molar-refractivity contribution in [1.29, 1.82) is 0 Å². The highest BCUT2D eigenvalue weighted by molar-refractivity contribution is 7.99. The lowest BCUT2D eigenvalue weighted by atomic mass is 10.1. The highest BCUT2D eigenvalue weighted by atomic mass is 32.2. The average Bonchev–Trinajstić information content (AvgIpc) is 3.47. The van der Waals surface area contributed by atoms with Gasteiger partial charge in [-0.3, -0.25) is 0 Å². The molecule has 0 saturated carbocycles. The number of benzene rings is 1. The van der Waals surface area contributed by atoms with Crippen LogP contribution in [0.1, 0.15) is 12.7 Å². The zero-order chi connectivity index (χ0) is 21.4. The van der Waals surface area contributed by atoms with E-state index in [-0.39, 0.29) is 6.79 Å². The van der Waals surface area contributed by atoms with Gasteiger partial charge in [0, 0.05) is 23.5 Å². The predicted molar refractivity (Wildman–Crippen MR) is 117 cm³/mol. The molecule has 160 valence electrons. The molecule has 0 fully saturated rings. The van der Waals surface area contributed by atoms with Gasteiger partial charge in [-0.1, -0.05) is 18.7 Å². The first-order valence-corrected chi connectivity index (χ1v) is 10.8. The van der Waals surface area contributed by atoms with E-state index in [1.807, 2.05) is 31.2 Å². The Labute approximate surface area is 183 Å². The normalized spacial score (nSPS) is 12.7. The molecule has 3 aromatic heterocycles. The quantitative estimate of drug-likeness (QED) is 0.419. The van der Waals surface area contributed by atoms with Gasteiger partial charge in [-0.15, -0.1) is 0 Å². The number of furan rings is 1. The second-order valence-electron chi connectivity index (χ2n) is 7.04. The largest absolute Gasteiger partial charge is 0.461 e. The molecule has 0 amide bonds.